The lowest BCUT2D eigenvalue weighted by Gasteiger charge is -2.27. The number of aryl methyl sites for hydroxylation is 1. The van der Waals surface area contributed by atoms with Crippen molar-refractivity contribution in [2.45, 2.75) is 77.0 Å². The Hall–Kier alpha value is -4.21. The fourth-order valence-corrected chi connectivity index (χ4v) is 7.13. The van der Waals surface area contributed by atoms with Crippen molar-refractivity contribution in [2.75, 3.05) is 43.1 Å². The van der Waals surface area contributed by atoms with Crippen molar-refractivity contribution in [2.24, 2.45) is 5.92 Å². The molecule has 8 nitrogen and oxygen atoms in total. The van der Waals surface area contributed by atoms with Gasteiger partial charge in [-0.2, -0.15) is 0 Å². The minimum atomic E-state index is -1.22. The third-order valence-corrected chi connectivity index (χ3v) is 10.1. The number of nitrogens with one attached hydrogen (secondary N) is 1. The molecule has 0 fully saturated rings. The summed E-state index contributed by atoms with van der Waals surface area (Å²) in [5.74, 6) is 1.58. The van der Waals surface area contributed by atoms with Crippen LogP contribution >= 0.6 is 0 Å². The smallest absolute Gasteiger partial charge is 0.251 e. The molecule has 1 aromatic heterocycles. The molecule has 0 saturated carbocycles. The van der Waals surface area contributed by atoms with E-state index in [1.807, 2.05) is 48.8 Å². The molecular formula is C41H52N4O4S. The highest BCUT2D eigenvalue weighted by atomic mass is 32.2. The van der Waals surface area contributed by atoms with E-state index in [9.17, 15) is 9.00 Å². The number of aromatic nitrogens is 2. The molecule has 1 amide bonds. The second kappa shape index (κ2) is 18.7. The minimum Gasteiger partial charge on any atom is -0.491 e. The number of hydrogen-bond acceptors (Lipinski definition) is 6. The number of unbranched alkanes of at least 4 members (excludes halogenated alkanes) is 2. The van der Waals surface area contributed by atoms with E-state index < -0.39 is 10.8 Å². The van der Waals surface area contributed by atoms with E-state index in [2.05, 4.69) is 77.8 Å². The number of amides is 1. The Morgan fingerprint density at radius 3 is 2.44 bits per heavy atom. The predicted molar refractivity (Wildman–Crippen MR) is 205 cm³/mol. The number of ether oxygens (including phenoxy) is 2. The van der Waals surface area contributed by atoms with Crippen molar-refractivity contribution >= 4 is 34.2 Å². The maximum Gasteiger partial charge on any atom is 0.251 e. The van der Waals surface area contributed by atoms with E-state index in [4.69, 9.17) is 9.47 Å². The van der Waals surface area contributed by atoms with E-state index in [1.54, 1.807) is 6.20 Å². The van der Waals surface area contributed by atoms with Gasteiger partial charge in [-0.15, -0.1) is 0 Å². The Morgan fingerprint density at radius 1 is 0.940 bits per heavy atom. The van der Waals surface area contributed by atoms with E-state index in [0.717, 1.165) is 96.2 Å². The molecule has 1 atom stereocenters. The summed E-state index contributed by atoms with van der Waals surface area (Å²) in [6.45, 7) is 13.2. The standard InChI is InChI=1S/C41H52N4O4S/c1-5-7-20-45-30-42-27-37(45)29-50(47)39-16-12-36(13-17-39)43-41(46)34-19-21-44(28-31(3)4)40-18-11-33(25-35(40)26-34)32-9-14-38(15-10-32)49-24-23-48-22-8-6-2/h9-18,25-27,30-31H,5-8,19-24,28-29H2,1-4H3,(H,43,46). The van der Waals surface area contributed by atoms with Crippen LogP contribution in [0, 0.1) is 5.92 Å². The summed E-state index contributed by atoms with van der Waals surface area (Å²) in [7, 11) is -1.22. The first kappa shape index (κ1) is 37.1. The molecule has 0 aliphatic carbocycles. The molecule has 3 aromatic carbocycles. The van der Waals surface area contributed by atoms with Gasteiger partial charge in [0.1, 0.15) is 12.4 Å². The molecule has 0 saturated heterocycles. The molecule has 50 heavy (non-hydrogen) atoms. The van der Waals surface area contributed by atoms with Gasteiger partial charge in [0, 0.05) is 54.3 Å². The number of carbonyl (C=O) groups excluding carboxylic acids is 1. The second-order valence-electron chi connectivity index (χ2n) is 13.3. The van der Waals surface area contributed by atoms with Crippen LogP contribution in [0.1, 0.15) is 71.1 Å². The lowest BCUT2D eigenvalue weighted by molar-refractivity contribution is -0.112. The zero-order valence-corrected chi connectivity index (χ0v) is 30.8. The van der Waals surface area contributed by atoms with Crippen molar-refractivity contribution in [3.63, 3.8) is 0 Å². The molecule has 1 unspecified atom stereocenters. The lowest BCUT2D eigenvalue weighted by atomic mass is 10.00. The second-order valence-corrected chi connectivity index (χ2v) is 14.7. The average molecular weight is 697 g/mol. The summed E-state index contributed by atoms with van der Waals surface area (Å²) in [5, 5.41) is 3.09. The van der Waals surface area contributed by atoms with Crippen molar-refractivity contribution in [1.29, 1.82) is 0 Å². The number of rotatable bonds is 18. The van der Waals surface area contributed by atoms with Crippen molar-refractivity contribution in [3.8, 4) is 16.9 Å². The van der Waals surface area contributed by atoms with Crippen LogP contribution in [-0.4, -0.2) is 52.6 Å². The molecule has 0 spiro atoms. The fraction of sp³-hybridized carbons (Fsp3) is 0.415. The summed E-state index contributed by atoms with van der Waals surface area (Å²) in [6.07, 6.45) is 10.6. The Bertz CT molecular complexity index is 1730. The number of carbonyl (C=O) groups is 1. The molecule has 1 N–H and O–H groups in total. The Balaban J connectivity index is 1.27. The summed E-state index contributed by atoms with van der Waals surface area (Å²) in [5.41, 5.74) is 6.70. The predicted octanol–water partition coefficient (Wildman–Crippen LogP) is 8.74. The van der Waals surface area contributed by atoms with Gasteiger partial charge < -0.3 is 24.3 Å². The van der Waals surface area contributed by atoms with Crippen molar-refractivity contribution in [3.05, 3.63) is 96.1 Å². The van der Waals surface area contributed by atoms with Crippen LogP contribution in [-0.2, 0) is 32.6 Å². The van der Waals surface area contributed by atoms with Gasteiger partial charge in [0.15, 0.2) is 0 Å². The zero-order chi connectivity index (χ0) is 35.3. The highest BCUT2D eigenvalue weighted by Crippen LogP contribution is 2.34. The maximum atomic E-state index is 13.7. The molecule has 5 rings (SSSR count). The number of benzene rings is 3. The summed E-state index contributed by atoms with van der Waals surface area (Å²) in [4.78, 5) is 21.0. The van der Waals surface area contributed by atoms with Gasteiger partial charge in [0.2, 0.25) is 0 Å². The first-order valence-electron chi connectivity index (χ1n) is 18.0. The van der Waals surface area contributed by atoms with Crippen LogP contribution < -0.4 is 15.0 Å². The molecular weight excluding hydrogens is 645 g/mol. The molecule has 4 aromatic rings. The SMILES string of the molecule is CCCCOCCOc1ccc(-c2ccc3c(c2)C=C(C(=O)Nc2ccc(S(=O)Cc4cncn4CCCC)cc2)CCN3CC(C)C)cc1. The number of fused-ring (bicyclic) bond motifs is 1. The van der Waals surface area contributed by atoms with E-state index in [1.165, 1.54) is 0 Å². The maximum absolute atomic E-state index is 13.7. The van der Waals surface area contributed by atoms with Crippen LogP contribution in [0.3, 0.4) is 0 Å². The Labute approximate surface area is 300 Å². The van der Waals surface area contributed by atoms with Gasteiger partial charge in [-0.25, -0.2) is 4.98 Å². The van der Waals surface area contributed by atoms with Gasteiger partial charge in [0.25, 0.3) is 5.91 Å². The normalized spacial score (nSPS) is 13.5. The number of nitrogens with zero attached hydrogens (tertiary/aromatic N) is 3. The first-order chi connectivity index (χ1) is 24.3. The molecule has 1 aliphatic rings. The molecule has 0 bridgehead atoms. The fourth-order valence-electron chi connectivity index (χ4n) is 6.01. The Morgan fingerprint density at radius 2 is 1.70 bits per heavy atom. The largest absolute Gasteiger partial charge is 0.491 e. The van der Waals surface area contributed by atoms with E-state index >= 15 is 0 Å². The quantitative estimate of drug-likeness (QED) is 0.105. The minimum absolute atomic E-state index is 0.123. The summed E-state index contributed by atoms with van der Waals surface area (Å²) in [6, 6.07) is 22.0. The molecule has 1 aliphatic heterocycles. The van der Waals surface area contributed by atoms with E-state index in [0.29, 0.717) is 37.0 Å². The molecule has 2 heterocycles. The van der Waals surface area contributed by atoms with Crippen LogP contribution in [0.4, 0.5) is 11.4 Å². The molecule has 266 valence electrons. The average Bonchev–Trinajstić information content (AvgIpc) is 3.48. The Kier molecular flexibility index (Phi) is 13.9. The van der Waals surface area contributed by atoms with Gasteiger partial charge in [0.05, 0.1) is 35.2 Å². The topological polar surface area (TPSA) is 85.7 Å². The van der Waals surface area contributed by atoms with Crippen molar-refractivity contribution in [1.82, 2.24) is 9.55 Å². The van der Waals surface area contributed by atoms with Gasteiger partial charge in [-0.05, 0) is 96.5 Å². The highest BCUT2D eigenvalue weighted by molar-refractivity contribution is 7.84. The van der Waals surface area contributed by atoms with E-state index in [-0.39, 0.29) is 5.91 Å². The lowest BCUT2D eigenvalue weighted by Crippen LogP contribution is -2.29. The number of imidazole rings is 1. The molecule has 9 heteroatoms. The number of anilines is 2. The summed E-state index contributed by atoms with van der Waals surface area (Å²) < 4.78 is 26.7. The van der Waals surface area contributed by atoms with Gasteiger partial charge in [-0.1, -0.05) is 58.7 Å². The summed E-state index contributed by atoms with van der Waals surface area (Å²) >= 11 is 0. The highest BCUT2D eigenvalue weighted by Gasteiger charge is 2.21. The third-order valence-electron chi connectivity index (χ3n) is 8.76. The van der Waals surface area contributed by atoms with Crippen LogP contribution in [0.25, 0.3) is 17.2 Å². The van der Waals surface area contributed by atoms with Crippen LogP contribution in [0.15, 0.2) is 89.7 Å². The number of hydrogen-bond donors (Lipinski definition) is 1. The third kappa shape index (κ3) is 10.4. The van der Waals surface area contributed by atoms with Gasteiger partial charge in [-0.3, -0.25) is 9.00 Å². The first-order valence-corrected chi connectivity index (χ1v) is 19.4. The monoisotopic (exact) mass is 696 g/mol. The molecule has 0 radical (unpaired) electrons. The van der Waals surface area contributed by atoms with Gasteiger partial charge >= 0.3 is 0 Å². The van der Waals surface area contributed by atoms with Crippen molar-refractivity contribution < 1.29 is 18.5 Å². The van der Waals surface area contributed by atoms with Crippen LogP contribution in [0.2, 0.25) is 0 Å². The zero-order valence-electron chi connectivity index (χ0n) is 30.0. The van der Waals surface area contributed by atoms with Crippen LogP contribution in [0.5, 0.6) is 5.75 Å².